The van der Waals surface area contributed by atoms with Gasteiger partial charge in [0.1, 0.15) is 0 Å². The first kappa shape index (κ1) is 10.7. The van der Waals surface area contributed by atoms with Crippen LogP contribution in [0.15, 0.2) is 0 Å². The summed E-state index contributed by atoms with van der Waals surface area (Å²) in [6.07, 6.45) is 3.16. The average Bonchev–Trinajstić information content (AvgIpc) is 2.03. The van der Waals surface area contributed by atoms with Crippen LogP contribution in [-0.2, 0) is 0 Å². The van der Waals surface area contributed by atoms with E-state index in [9.17, 15) is 5.11 Å². The van der Waals surface area contributed by atoms with Crippen LogP contribution in [0.3, 0.4) is 0 Å². The zero-order chi connectivity index (χ0) is 8.97. The Hall–Kier alpha value is 0.650. The van der Waals surface area contributed by atoms with Gasteiger partial charge in [0.2, 0.25) is 0 Å². The number of piperidine rings is 1. The molecule has 1 aliphatic rings. The van der Waals surface area contributed by atoms with Crippen molar-refractivity contribution in [2.24, 2.45) is 0 Å². The summed E-state index contributed by atoms with van der Waals surface area (Å²) in [5, 5.41) is 9.39. The quantitative estimate of drug-likeness (QED) is 0.629. The molecule has 1 aliphatic heterocycles. The molecule has 72 valence electrons. The van der Waals surface area contributed by atoms with Crippen LogP contribution in [0.5, 0.6) is 0 Å². The molecule has 0 aliphatic carbocycles. The molecule has 0 radical (unpaired) electrons. The molecule has 2 nitrogen and oxygen atoms in total. The van der Waals surface area contributed by atoms with Crippen molar-refractivity contribution in [3.05, 3.63) is 0 Å². The Labute approximate surface area is 88.5 Å². The average molecular weight is 283 g/mol. The van der Waals surface area contributed by atoms with Crippen molar-refractivity contribution in [1.29, 1.82) is 0 Å². The first-order valence-electron chi connectivity index (χ1n) is 4.72. The second-order valence-electron chi connectivity index (χ2n) is 3.61. The van der Waals surface area contributed by atoms with E-state index < -0.39 is 0 Å². The smallest absolute Gasteiger partial charge is 0.0567 e. The van der Waals surface area contributed by atoms with E-state index in [1.54, 1.807) is 0 Å². The number of likely N-dealkylation sites (tertiary alicyclic amines) is 1. The number of aliphatic hydroxyl groups excluding tert-OH is 1. The van der Waals surface area contributed by atoms with Gasteiger partial charge >= 0.3 is 0 Å². The molecular weight excluding hydrogens is 265 g/mol. The van der Waals surface area contributed by atoms with Crippen molar-refractivity contribution in [3.63, 3.8) is 0 Å². The van der Waals surface area contributed by atoms with Crippen LogP contribution in [0.1, 0.15) is 26.2 Å². The molecule has 0 aromatic rings. The maximum absolute atomic E-state index is 9.39. The van der Waals surface area contributed by atoms with E-state index in [1.165, 1.54) is 17.4 Å². The van der Waals surface area contributed by atoms with E-state index >= 15 is 0 Å². The fraction of sp³-hybridized carbons (Fsp3) is 1.00. The highest BCUT2D eigenvalue weighted by Gasteiger charge is 2.22. The highest BCUT2D eigenvalue weighted by atomic mass is 127. The Balaban J connectivity index is 2.25. The van der Waals surface area contributed by atoms with Crippen molar-refractivity contribution in [3.8, 4) is 0 Å². The van der Waals surface area contributed by atoms with Crippen molar-refractivity contribution >= 4 is 22.6 Å². The van der Waals surface area contributed by atoms with Gasteiger partial charge in [-0.3, -0.25) is 0 Å². The number of rotatable bonds is 3. The lowest BCUT2D eigenvalue weighted by molar-refractivity contribution is 0.0487. The number of hydrogen-bond donors (Lipinski definition) is 1. The van der Waals surface area contributed by atoms with E-state index in [-0.39, 0.29) is 6.10 Å². The van der Waals surface area contributed by atoms with Gasteiger partial charge in [0.15, 0.2) is 0 Å². The van der Waals surface area contributed by atoms with E-state index in [2.05, 4.69) is 34.4 Å². The van der Waals surface area contributed by atoms with E-state index in [0.717, 1.165) is 19.4 Å². The second kappa shape index (κ2) is 5.40. The summed E-state index contributed by atoms with van der Waals surface area (Å²) in [5.74, 6) is 0. The van der Waals surface area contributed by atoms with Crippen molar-refractivity contribution in [2.75, 3.05) is 17.5 Å². The fourth-order valence-electron chi connectivity index (χ4n) is 1.79. The van der Waals surface area contributed by atoms with Gasteiger partial charge in [-0.2, -0.15) is 0 Å². The summed E-state index contributed by atoms with van der Waals surface area (Å²) in [6.45, 7) is 4.51. The van der Waals surface area contributed by atoms with Crippen LogP contribution < -0.4 is 0 Å². The Kier molecular flexibility index (Phi) is 4.82. The Morgan fingerprint density at radius 2 is 2.33 bits per heavy atom. The van der Waals surface area contributed by atoms with Gasteiger partial charge in [0, 0.05) is 17.0 Å². The Morgan fingerprint density at radius 1 is 1.58 bits per heavy atom. The molecule has 2 unspecified atom stereocenters. The molecule has 0 aromatic carbocycles. The number of aliphatic hydroxyl groups is 1. The minimum atomic E-state index is -0.0455. The van der Waals surface area contributed by atoms with Crippen molar-refractivity contribution < 1.29 is 5.11 Å². The van der Waals surface area contributed by atoms with Gasteiger partial charge in [0.25, 0.3) is 0 Å². The molecule has 1 N–H and O–H groups in total. The van der Waals surface area contributed by atoms with Gasteiger partial charge in [-0.15, -0.1) is 0 Å². The minimum Gasteiger partial charge on any atom is -0.393 e. The molecule has 1 rings (SSSR count). The molecule has 12 heavy (non-hydrogen) atoms. The minimum absolute atomic E-state index is 0.0455. The van der Waals surface area contributed by atoms with Crippen LogP contribution in [0.2, 0.25) is 0 Å². The molecule has 3 heteroatoms. The molecule has 0 bridgehead atoms. The molecule has 1 fully saturated rings. The first-order valence-corrected chi connectivity index (χ1v) is 6.24. The topological polar surface area (TPSA) is 23.5 Å². The lowest BCUT2D eigenvalue weighted by Crippen LogP contribution is -2.43. The number of alkyl halides is 1. The van der Waals surface area contributed by atoms with Crippen LogP contribution in [-0.4, -0.2) is 39.7 Å². The van der Waals surface area contributed by atoms with E-state index in [1.807, 2.05) is 0 Å². The highest BCUT2D eigenvalue weighted by Crippen LogP contribution is 2.17. The fourth-order valence-corrected chi connectivity index (χ4v) is 2.13. The number of nitrogens with zero attached hydrogens (tertiary/aromatic N) is 1. The Morgan fingerprint density at radius 3 is 2.92 bits per heavy atom. The predicted molar refractivity (Wildman–Crippen MR) is 59.8 cm³/mol. The van der Waals surface area contributed by atoms with Gasteiger partial charge < -0.3 is 10.0 Å². The van der Waals surface area contributed by atoms with Crippen LogP contribution >= 0.6 is 22.6 Å². The molecule has 0 aromatic heterocycles. The molecule has 0 amide bonds. The third-order valence-electron chi connectivity index (χ3n) is 2.57. The molecule has 1 saturated heterocycles. The lowest BCUT2D eigenvalue weighted by atomic mass is 10.0. The lowest BCUT2D eigenvalue weighted by Gasteiger charge is -2.35. The third kappa shape index (κ3) is 3.18. The summed E-state index contributed by atoms with van der Waals surface area (Å²) in [7, 11) is 0. The van der Waals surface area contributed by atoms with Crippen LogP contribution in [0.4, 0.5) is 0 Å². The van der Waals surface area contributed by atoms with Crippen LogP contribution in [0.25, 0.3) is 0 Å². The third-order valence-corrected chi connectivity index (χ3v) is 3.33. The van der Waals surface area contributed by atoms with Gasteiger partial charge in [0.05, 0.1) is 6.10 Å². The summed E-state index contributed by atoms with van der Waals surface area (Å²) in [6, 6.07) is 0.580. The zero-order valence-corrected chi connectivity index (χ0v) is 9.83. The van der Waals surface area contributed by atoms with Gasteiger partial charge in [-0.25, -0.2) is 0 Å². The first-order chi connectivity index (χ1) is 5.74. The molecular formula is C9H18INO. The van der Waals surface area contributed by atoms with Gasteiger partial charge in [-0.05, 0) is 32.7 Å². The van der Waals surface area contributed by atoms with Crippen molar-refractivity contribution in [1.82, 2.24) is 4.90 Å². The summed E-state index contributed by atoms with van der Waals surface area (Å²) in [5.41, 5.74) is 0. The maximum atomic E-state index is 9.39. The molecule has 1 heterocycles. The summed E-state index contributed by atoms with van der Waals surface area (Å²) < 4.78 is 1.24. The predicted octanol–water partition coefficient (Wildman–Crippen LogP) is 1.66. The monoisotopic (exact) mass is 283 g/mol. The molecule has 0 saturated carbocycles. The highest BCUT2D eigenvalue weighted by molar-refractivity contribution is 14.1. The van der Waals surface area contributed by atoms with Crippen molar-refractivity contribution in [2.45, 2.75) is 38.3 Å². The largest absolute Gasteiger partial charge is 0.393 e. The van der Waals surface area contributed by atoms with Gasteiger partial charge in [-0.1, -0.05) is 22.6 Å². The zero-order valence-electron chi connectivity index (χ0n) is 7.67. The standard InChI is InChI=1S/C9H18INO/c1-8-7-9(12)3-6-11(8)5-2-4-10/h8-9,12H,2-7H2,1H3. The second-order valence-corrected chi connectivity index (χ2v) is 4.68. The maximum Gasteiger partial charge on any atom is 0.0567 e. The molecule has 0 spiro atoms. The van der Waals surface area contributed by atoms with E-state index in [4.69, 9.17) is 0 Å². The Bertz CT molecular complexity index is 130. The summed E-state index contributed by atoms with van der Waals surface area (Å²) in [4.78, 5) is 2.49. The van der Waals surface area contributed by atoms with E-state index in [0.29, 0.717) is 6.04 Å². The number of halogens is 1. The SMILES string of the molecule is CC1CC(O)CCN1CCCI. The van der Waals surface area contributed by atoms with Crippen LogP contribution in [0, 0.1) is 0 Å². The normalized spacial score (nSPS) is 32.2. The summed E-state index contributed by atoms with van der Waals surface area (Å²) >= 11 is 2.42. The number of hydrogen-bond acceptors (Lipinski definition) is 2. The molecule has 2 atom stereocenters.